The summed E-state index contributed by atoms with van der Waals surface area (Å²) in [5, 5.41) is 4.35. The molecule has 0 unspecified atom stereocenters. The first-order chi connectivity index (χ1) is 12.5. The topological polar surface area (TPSA) is 37.3 Å². The Labute approximate surface area is 160 Å². The van der Waals surface area contributed by atoms with Crippen molar-refractivity contribution in [3.63, 3.8) is 0 Å². The zero-order valence-corrected chi connectivity index (χ0v) is 15.5. The second-order valence-electron chi connectivity index (χ2n) is 6.35. The van der Waals surface area contributed by atoms with Gasteiger partial charge in [0, 0.05) is 48.7 Å². The molecule has 2 aromatic carbocycles. The summed E-state index contributed by atoms with van der Waals surface area (Å²) < 4.78 is 15.8. The van der Waals surface area contributed by atoms with Crippen LogP contribution in [0.15, 0.2) is 36.4 Å². The maximum absolute atomic E-state index is 13.7. The van der Waals surface area contributed by atoms with E-state index in [9.17, 15) is 9.18 Å². The Balaban J connectivity index is 1.63. The number of amides is 2. The summed E-state index contributed by atoms with van der Waals surface area (Å²) in [4.78, 5) is 14.4. The summed E-state index contributed by atoms with van der Waals surface area (Å²) >= 11 is 12.1. The average Bonchev–Trinajstić information content (AvgIpc) is 2.90. The lowest BCUT2D eigenvalue weighted by molar-refractivity contribution is 0.206. The molecule has 0 bridgehead atoms. The minimum atomic E-state index is -0.279. The highest BCUT2D eigenvalue weighted by molar-refractivity contribution is 6.43. The van der Waals surface area contributed by atoms with Gasteiger partial charge in [-0.1, -0.05) is 29.3 Å². The first-order valence-electron chi connectivity index (χ1n) is 8.21. The molecular weight excluding hydrogens is 376 g/mol. The van der Waals surface area contributed by atoms with Crippen molar-refractivity contribution in [3.05, 3.63) is 63.5 Å². The van der Waals surface area contributed by atoms with E-state index in [1.165, 1.54) is 12.1 Å². The second-order valence-corrected chi connectivity index (χ2v) is 7.13. The van der Waals surface area contributed by atoms with E-state index in [1.54, 1.807) is 29.2 Å². The maximum atomic E-state index is 13.7. The van der Waals surface area contributed by atoms with Crippen LogP contribution >= 0.6 is 23.2 Å². The number of nitrogens with zero attached hydrogens (tertiary/aromatic N) is 2. The molecule has 0 radical (unpaired) electrons. The fraction of sp³-hybridized carbons (Fsp3) is 0.211. The predicted molar refractivity (Wildman–Crippen MR) is 102 cm³/mol. The number of urea groups is 1. The van der Waals surface area contributed by atoms with Crippen molar-refractivity contribution >= 4 is 45.8 Å². The van der Waals surface area contributed by atoms with E-state index in [0.29, 0.717) is 35.2 Å². The van der Waals surface area contributed by atoms with Gasteiger partial charge in [-0.15, -0.1) is 0 Å². The van der Waals surface area contributed by atoms with Gasteiger partial charge < -0.3 is 14.8 Å². The molecule has 0 atom stereocenters. The summed E-state index contributed by atoms with van der Waals surface area (Å²) in [6, 6.07) is 9.60. The van der Waals surface area contributed by atoms with Crippen molar-refractivity contribution in [3.8, 4) is 0 Å². The monoisotopic (exact) mass is 391 g/mol. The summed E-state index contributed by atoms with van der Waals surface area (Å²) in [5.74, 6) is -0.279. The van der Waals surface area contributed by atoms with Crippen LogP contribution in [0, 0.1) is 5.82 Å². The molecular formula is C19H16Cl2FN3O. The number of fused-ring (bicyclic) bond motifs is 3. The molecule has 0 aliphatic carbocycles. The number of nitrogens with one attached hydrogen (secondary N) is 1. The van der Waals surface area contributed by atoms with E-state index < -0.39 is 0 Å². The van der Waals surface area contributed by atoms with Crippen LogP contribution in [0.3, 0.4) is 0 Å². The highest BCUT2D eigenvalue weighted by atomic mass is 35.5. The number of carbonyl (C=O) groups is 1. The predicted octanol–water partition coefficient (Wildman–Crippen LogP) is 5.21. The Morgan fingerprint density at radius 3 is 2.85 bits per heavy atom. The van der Waals surface area contributed by atoms with Gasteiger partial charge in [0.25, 0.3) is 0 Å². The van der Waals surface area contributed by atoms with Crippen molar-refractivity contribution in [1.29, 1.82) is 0 Å². The van der Waals surface area contributed by atoms with Gasteiger partial charge in [0.15, 0.2) is 0 Å². The summed E-state index contributed by atoms with van der Waals surface area (Å²) in [5.41, 5.74) is 3.56. The Hall–Kier alpha value is -2.24. The average molecular weight is 392 g/mol. The highest BCUT2D eigenvalue weighted by Crippen LogP contribution is 2.32. The largest absolute Gasteiger partial charge is 0.347 e. The van der Waals surface area contributed by atoms with Gasteiger partial charge in [0.05, 0.1) is 15.7 Å². The molecule has 2 heterocycles. The number of hydrogen-bond donors (Lipinski definition) is 1. The number of aryl methyl sites for hydroxylation is 1. The lowest BCUT2D eigenvalue weighted by Gasteiger charge is -2.28. The summed E-state index contributed by atoms with van der Waals surface area (Å²) in [6.45, 7) is 0.990. The maximum Gasteiger partial charge on any atom is 0.322 e. The molecule has 4 nitrogen and oxygen atoms in total. The van der Waals surface area contributed by atoms with Gasteiger partial charge in [-0.25, -0.2) is 9.18 Å². The molecule has 0 spiro atoms. The molecule has 1 aliphatic heterocycles. The number of aromatic nitrogens is 1. The van der Waals surface area contributed by atoms with Gasteiger partial charge in [-0.3, -0.25) is 0 Å². The molecule has 3 aromatic rings. The van der Waals surface area contributed by atoms with Crippen LogP contribution in [0.4, 0.5) is 14.9 Å². The molecule has 26 heavy (non-hydrogen) atoms. The standard InChI is InChI=1S/C19H16Cl2FN3O/c1-24-16-6-5-11(22)9-12(16)13-10-25(8-7-17(13)24)19(26)23-15-4-2-3-14(20)18(15)21/h2-6,9H,7-8,10H2,1H3,(H,23,26). The number of anilines is 1. The SMILES string of the molecule is Cn1c2c(c3cc(F)ccc31)CN(C(=O)Nc1cccc(Cl)c1Cl)CC2. The number of hydrogen-bond acceptors (Lipinski definition) is 1. The third-order valence-corrected chi connectivity index (χ3v) is 5.67. The third-order valence-electron chi connectivity index (χ3n) is 4.85. The van der Waals surface area contributed by atoms with Crippen molar-refractivity contribution in [2.45, 2.75) is 13.0 Å². The van der Waals surface area contributed by atoms with Crippen molar-refractivity contribution in [2.24, 2.45) is 7.05 Å². The Morgan fingerprint density at radius 1 is 1.23 bits per heavy atom. The van der Waals surface area contributed by atoms with E-state index in [0.717, 1.165) is 22.2 Å². The summed E-state index contributed by atoms with van der Waals surface area (Å²) in [6.07, 6.45) is 0.707. The quantitative estimate of drug-likeness (QED) is 0.606. The zero-order valence-electron chi connectivity index (χ0n) is 14.0. The lowest BCUT2D eigenvalue weighted by atomic mass is 10.0. The minimum absolute atomic E-state index is 0.256. The molecule has 0 fully saturated rings. The van der Waals surface area contributed by atoms with E-state index in [2.05, 4.69) is 9.88 Å². The van der Waals surface area contributed by atoms with Crippen LogP contribution in [0.5, 0.6) is 0 Å². The number of benzene rings is 2. The lowest BCUT2D eigenvalue weighted by Crippen LogP contribution is -2.39. The third kappa shape index (κ3) is 2.81. The highest BCUT2D eigenvalue weighted by Gasteiger charge is 2.26. The van der Waals surface area contributed by atoms with Crippen LogP contribution in [-0.4, -0.2) is 22.0 Å². The van der Waals surface area contributed by atoms with Crippen LogP contribution in [-0.2, 0) is 20.0 Å². The smallest absolute Gasteiger partial charge is 0.322 e. The molecule has 1 N–H and O–H groups in total. The van der Waals surface area contributed by atoms with Crippen LogP contribution in [0.2, 0.25) is 10.0 Å². The fourth-order valence-electron chi connectivity index (χ4n) is 3.52. The number of halogens is 3. The van der Waals surface area contributed by atoms with Crippen LogP contribution < -0.4 is 5.32 Å². The Morgan fingerprint density at radius 2 is 2.04 bits per heavy atom. The number of carbonyl (C=O) groups excluding carboxylic acids is 1. The van der Waals surface area contributed by atoms with Crippen molar-refractivity contribution < 1.29 is 9.18 Å². The molecule has 0 saturated heterocycles. The molecule has 4 rings (SSSR count). The van der Waals surface area contributed by atoms with E-state index in [4.69, 9.17) is 23.2 Å². The van der Waals surface area contributed by atoms with E-state index >= 15 is 0 Å². The van der Waals surface area contributed by atoms with E-state index in [1.807, 2.05) is 7.05 Å². The van der Waals surface area contributed by atoms with E-state index in [-0.39, 0.29) is 11.8 Å². The molecule has 1 aromatic heterocycles. The van der Waals surface area contributed by atoms with Gasteiger partial charge in [-0.05, 0) is 30.3 Å². The molecule has 1 aliphatic rings. The first-order valence-corrected chi connectivity index (χ1v) is 8.97. The molecule has 134 valence electrons. The van der Waals surface area contributed by atoms with Crippen LogP contribution in [0.1, 0.15) is 11.3 Å². The normalized spacial score (nSPS) is 13.8. The molecule has 0 saturated carbocycles. The van der Waals surface area contributed by atoms with Gasteiger partial charge in [0.2, 0.25) is 0 Å². The van der Waals surface area contributed by atoms with Gasteiger partial charge >= 0.3 is 6.03 Å². The molecule has 2 amide bonds. The Bertz CT molecular complexity index is 1030. The van der Waals surface area contributed by atoms with Crippen molar-refractivity contribution in [2.75, 3.05) is 11.9 Å². The first kappa shape index (κ1) is 17.2. The van der Waals surface area contributed by atoms with Gasteiger partial charge in [0.1, 0.15) is 5.82 Å². The minimum Gasteiger partial charge on any atom is -0.347 e. The number of rotatable bonds is 1. The van der Waals surface area contributed by atoms with Gasteiger partial charge in [-0.2, -0.15) is 0 Å². The van der Waals surface area contributed by atoms with Crippen LogP contribution in [0.25, 0.3) is 10.9 Å². The van der Waals surface area contributed by atoms with Crippen molar-refractivity contribution in [1.82, 2.24) is 9.47 Å². The zero-order chi connectivity index (χ0) is 18.4. The summed E-state index contributed by atoms with van der Waals surface area (Å²) in [7, 11) is 1.97. The second kappa shape index (κ2) is 6.49. The fourth-order valence-corrected chi connectivity index (χ4v) is 3.87. The molecule has 7 heteroatoms. The Kier molecular flexibility index (Phi) is 4.29.